The maximum absolute atomic E-state index is 11.9. The van der Waals surface area contributed by atoms with E-state index >= 15 is 0 Å². The van der Waals surface area contributed by atoms with Crippen LogP contribution in [-0.2, 0) is 14.4 Å². The average molecular weight is 330 g/mol. The van der Waals surface area contributed by atoms with E-state index in [1.807, 2.05) is 0 Å². The molecule has 0 saturated heterocycles. The summed E-state index contributed by atoms with van der Waals surface area (Å²) in [6.07, 6.45) is -0.187. The fourth-order valence-electron chi connectivity index (χ4n) is 1.84. The minimum absolute atomic E-state index is 0. The Balaban J connectivity index is 0.00000242. The van der Waals surface area contributed by atoms with Crippen LogP contribution in [0.3, 0.4) is 0 Å². The van der Waals surface area contributed by atoms with Crippen molar-refractivity contribution in [1.82, 2.24) is 0 Å². The van der Waals surface area contributed by atoms with Gasteiger partial charge in [0.25, 0.3) is 0 Å². The number of hydrogen-bond donors (Lipinski definition) is 2. The Kier molecular flexibility index (Phi) is 6.49. The largest absolute Gasteiger partial charge is 1.00 e. The van der Waals surface area contributed by atoms with Crippen LogP contribution in [0.1, 0.15) is 20.3 Å². The molecule has 0 aromatic heterocycles. The van der Waals surface area contributed by atoms with E-state index in [1.54, 1.807) is 18.2 Å². The van der Waals surface area contributed by atoms with Gasteiger partial charge in [0.2, 0.25) is 11.8 Å². The number of anilines is 2. The number of carboxylic acid groups (broad SMARTS) is 1. The number of carbonyl (C=O) groups is 3. The Morgan fingerprint density at radius 3 is 2.73 bits per heavy atom. The van der Waals surface area contributed by atoms with Crippen LogP contribution in [-0.4, -0.2) is 23.5 Å². The van der Waals surface area contributed by atoms with Gasteiger partial charge in [0, 0.05) is 28.4 Å². The molecule has 2 rings (SSSR count). The van der Waals surface area contributed by atoms with Crippen molar-refractivity contribution in [3.8, 4) is 0 Å². The number of carboxylic acids is 1. The fourth-order valence-corrected chi connectivity index (χ4v) is 2.63. The molecule has 8 heteroatoms. The van der Waals surface area contributed by atoms with Crippen LogP contribution in [0.2, 0.25) is 0 Å². The molecule has 0 fully saturated rings. The molecular weight excluding hydrogens is 315 g/mol. The standard InChI is InChI=1S/C14H16N2O4S.Na/c1-14(2,13(19)20)6-11(17)15-8-3-4-10-9(5-8)16-12(18)7-21-10;/h3-5H,6-7H2,1-2H3,(H,15,17)(H,16,18)(H,19,20);/q;+1/p-1. The first-order chi connectivity index (χ1) is 9.78. The zero-order valence-electron chi connectivity index (χ0n) is 12.7. The molecule has 0 saturated carbocycles. The molecule has 0 bridgehead atoms. The van der Waals surface area contributed by atoms with E-state index in [2.05, 4.69) is 10.6 Å². The van der Waals surface area contributed by atoms with Crippen molar-refractivity contribution in [2.45, 2.75) is 25.2 Å². The first kappa shape index (κ1) is 19.0. The summed E-state index contributed by atoms with van der Waals surface area (Å²) in [5.41, 5.74) is -0.0774. The van der Waals surface area contributed by atoms with Crippen molar-refractivity contribution in [3.05, 3.63) is 18.2 Å². The van der Waals surface area contributed by atoms with Gasteiger partial charge in [0.1, 0.15) is 0 Å². The van der Waals surface area contributed by atoms with Crippen LogP contribution in [0.5, 0.6) is 0 Å². The summed E-state index contributed by atoms with van der Waals surface area (Å²) in [6, 6.07) is 5.18. The summed E-state index contributed by atoms with van der Waals surface area (Å²) >= 11 is 1.43. The van der Waals surface area contributed by atoms with E-state index in [0.717, 1.165) is 4.90 Å². The van der Waals surface area contributed by atoms with Crippen molar-refractivity contribution in [3.63, 3.8) is 0 Å². The minimum atomic E-state index is -1.27. The molecule has 0 atom stereocenters. The first-order valence-electron chi connectivity index (χ1n) is 6.36. The number of nitrogens with one attached hydrogen (secondary N) is 2. The number of amides is 2. The number of benzene rings is 1. The van der Waals surface area contributed by atoms with E-state index in [1.165, 1.54) is 25.6 Å². The van der Waals surface area contributed by atoms with Gasteiger partial charge in [0.15, 0.2) is 0 Å². The molecular formula is C14H15N2NaO4S. The third kappa shape index (κ3) is 4.74. The Labute approximate surface area is 154 Å². The summed E-state index contributed by atoms with van der Waals surface area (Å²) < 4.78 is 0. The quantitative estimate of drug-likeness (QED) is 0.613. The van der Waals surface area contributed by atoms with Gasteiger partial charge in [-0.05, 0) is 18.2 Å². The molecule has 112 valence electrons. The third-order valence-electron chi connectivity index (χ3n) is 3.05. The van der Waals surface area contributed by atoms with E-state index in [-0.39, 0.29) is 41.9 Å². The molecule has 1 heterocycles. The molecule has 1 aliphatic heterocycles. The third-order valence-corrected chi connectivity index (χ3v) is 4.12. The maximum atomic E-state index is 11.9. The van der Waals surface area contributed by atoms with Gasteiger partial charge in [-0.15, -0.1) is 11.8 Å². The van der Waals surface area contributed by atoms with Crippen molar-refractivity contribution in [1.29, 1.82) is 0 Å². The summed E-state index contributed by atoms with van der Waals surface area (Å²) in [5, 5.41) is 16.2. The molecule has 1 aliphatic rings. The van der Waals surface area contributed by atoms with Crippen LogP contribution < -0.4 is 45.3 Å². The Morgan fingerprint density at radius 1 is 1.41 bits per heavy atom. The van der Waals surface area contributed by atoms with Crippen molar-refractivity contribution in [2.75, 3.05) is 16.4 Å². The molecule has 0 aliphatic carbocycles. The molecule has 1 aromatic carbocycles. The second kappa shape index (κ2) is 7.50. The summed E-state index contributed by atoms with van der Waals surface area (Å²) in [5.74, 6) is -1.40. The Bertz CT molecular complexity index is 619. The second-order valence-corrected chi connectivity index (χ2v) is 6.46. The number of carbonyl (C=O) groups excluding carboxylic acids is 3. The van der Waals surface area contributed by atoms with Gasteiger partial charge in [-0.25, -0.2) is 0 Å². The Morgan fingerprint density at radius 2 is 2.09 bits per heavy atom. The van der Waals surface area contributed by atoms with Gasteiger partial charge < -0.3 is 20.5 Å². The van der Waals surface area contributed by atoms with Crippen molar-refractivity contribution in [2.24, 2.45) is 5.41 Å². The van der Waals surface area contributed by atoms with E-state index < -0.39 is 17.3 Å². The predicted molar refractivity (Wildman–Crippen MR) is 77.8 cm³/mol. The number of hydrogen-bond acceptors (Lipinski definition) is 5. The second-order valence-electron chi connectivity index (χ2n) is 5.44. The number of aliphatic carboxylic acids is 1. The molecule has 22 heavy (non-hydrogen) atoms. The van der Waals surface area contributed by atoms with Gasteiger partial charge in [-0.1, -0.05) is 13.8 Å². The summed E-state index contributed by atoms with van der Waals surface area (Å²) in [6.45, 7) is 2.87. The van der Waals surface area contributed by atoms with Gasteiger partial charge in [-0.2, -0.15) is 0 Å². The van der Waals surface area contributed by atoms with Gasteiger partial charge in [-0.3, -0.25) is 9.59 Å². The SMILES string of the molecule is CC(C)(CC(=O)Nc1ccc2c(c1)NC(=O)CS2)C(=O)[O-].[Na+]. The zero-order valence-corrected chi connectivity index (χ0v) is 15.5. The van der Waals surface area contributed by atoms with Gasteiger partial charge >= 0.3 is 29.6 Å². The number of thioether (sulfide) groups is 1. The van der Waals surface area contributed by atoms with Crippen LogP contribution in [0.15, 0.2) is 23.1 Å². The van der Waals surface area contributed by atoms with Crippen molar-refractivity contribution >= 4 is 40.9 Å². The predicted octanol–water partition coefficient (Wildman–Crippen LogP) is -2.16. The zero-order chi connectivity index (χ0) is 15.6. The average Bonchev–Trinajstić information content (AvgIpc) is 2.37. The molecule has 0 unspecified atom stereocenters. The monoisotopic (exact) mass is 330 g/mol. The number of fused-ring (bicyclic) bond motifs is 1. The van der Waals surface area contributed by atoms with Crippen molar-refractivity contribution < 1.29 is 49.0 Å². The van der Waals surface area contributed by atoms with Crippen LogP contribution >= 0.6 is 11.8 Å². The maximum Gasteiger partial charge on any atom is 1.00 e. The summed E-state index contributed by atoms with van der Waals surface area (Å²) in [4.78, 5) is 35.0. The molecule has 2 amide bonds. The van der Waals surface area contributed by atoms with E-state index in [9.17, 15) is 19.5 Å². The summed E-state index contributed by atoms with van der Waals surface area (Å²) in [7, 11) is 0. The first-order valence-corrected chi connectivity index (χ1v) is 7.34. The van der Waals surface area contributed by atoms with Crippen LogP contribution in [0.4, 0.5) is 11.4 Å². The molecule has 0 radical (unpaired) electrons. The van der Waals surface area contributed by atoms with Crippen LogP contribution in [0, 0.1) is 5.41 Å². The molecule has 0 spiro atoms. The number of rotatable bonds is 4. The smallest absolute Gasteiger partial charge is 0.550 e. The van der Waals surface area contributed by atoms with Crippen LogP contribution in [0.25, 0.3) is 0 Å². The molecule has 1 aromatic rings. The molecule has 2 N–H and O–H groups in total. The Hall–Kier alpha value is -1.02. The van der Waals surface area contributed by atoms with E-state index in [4.69, 9.17) is 0 Å². The van der Waals surface area contributed by atoms with Gasteiger partial charge in [0.05, 0.1) is 11.4 Å². The van der Waals surface area contributed by atoms with E-state index in [0.29, 0.717) is 17.1 Å². The molecule has 6 nitrogen and oxygen atoms in total. The minimum Gasteiger partial charge on any atom is -0.550 e. The normalized spacial score (nSPS) is 13.5. The fraction of sp³-hybridized carbons (Fsp3) is 0.357. The topological polar surface area (TPSA) is 98.3 Å².